The standard InChI is InChI=1S/C22H35F3N4O2.HI/c1-4-26-21(28-14-18-10-12-29(15-18)16-22(23,24)25)27-11-9-17-7-8-19(30-5-2)20(13-17)31-6-3;/h7-8,13,18H,4-6,9-12,14-16H2,1-3H3,(H2,26,27,28);1H. The van der Waals surface area contributed by atoms with Gasteiger partial charge < -0.3 is 20.1 Å². The first-order chi connectivity index (χ1) is 14.8. The van der Waals surface area contributed by atoms with Crippen molar-refractivity contribution in [1.82, 2.24) is 15.5 Å². The fourth-order valence-corrected chi connectivity index (χ4v) is 3.60. The minimum absolute atomic E-state index is 0. The fourth-order valence-electron chi connectivity index (χ4n) is 3.60. The Morgan fingerprint density at radius 2 is 1.84 bits per heavy atom. The van der Waals surface area contributed by atoms with Crippen LogP contribution in [0.15, 0.2) is 23.2 Å². The van der Waals surface area contributed by atoms with Crippen LogP contribution in [0.25, 0.3) is 0 Å². The van der Waals surface area contributed by atoms with Crippen LogP contribution in [0.1, 0.15) is 32.8 Å². The van der Waals surface area contributed by atoms with E-state index in [0.717, 1.165) is 29.9 Å². The first-order valence-corrected chi connectivity index (χ1v) is 11.0. The number of rotatable bonds is 11. The van der Waals surface area contributed by atoms with Crippen LogP contribution in [0, 0.1) is 5.92 Å². The van der Waals surface area contributed by atoms with Crippen molar-refractivity contribution in [2.24, 2.45) is 10.9 Å². The van der Waals surface area contributed by atoms with E-state index in [4.69, 9.17) is 9.47 Å². The summed E-state index contributed by atoms with van der Waals surface area (Å²) in [6.07, 6.45) is -2.62. The minimum atomic E-state index is -4.14. The number of hydrogen-bond acceptors (Lipinski definition) is 4. The van der Waals surface area contributed by atoms with Crippen LogP contribution in [0.3, 0.4) is 0 Å². The Labute approximate surface area is 206 Å². The van der Waals surface area contributed by atoms with Crippen LogP contribution in [0.5, 0.6) is 11.5 Å². The summed E-state index contributed by atoms with van der Waals surface area (Å²) in [7, 11) is 0. The van der Waals surface area contributed by atoms with Crippen LogP contribution in [-0.2, 0) is 6.42 Å². The van der Waals surface area contributed by atoms with E-state index >= 15 is 0 Å². The molecule has 0 saturated carbocycles. The zero-order valence-corrected chi connectivity index (χ0v) is 21.5. The van der Waals surface area contributed by atoms with E-state index in [1.165, 1.54) is 4.90 Å². The van der Waals surface area contributed by atoms with Gasteiger partial charge in [0.15, 0.2) is 17.5 Å². The monoisotopic (exact) mass is 572 g/mol. The maximum Gasteiger partial charge on any atom is 0.401 e. The Morgan fingerprint density at radius 3 is 2.50 bits per heavy atom. The molecule has 32 heavy (non-hydrogen) atoms. The number of hydrogen-bond donors (Lipinski definition) is 2. The van der Waals surface area contributed by atoms with Gasteiger partial charge in [-0.05, 0) is 63.8 Å². The van der Waals surface area contributed by atoms with E-state index in [-0.39, 0.29) is 29.9 Å². The second-order valence-corrected chi connectivity index (χ2v) is 7.55. The number of nitrogens with zero attached hydrogens (tertiary/aromatic N) is 2. The van der Waals surface area contributed by atoms with Crippen LogP contribution in [-0.4, -0.2) is 69.5 Å². The van der Waals surface area contributed by atoms with Gasteiger partial charge in [-0.15, -0.1) is 24.0 Å². The van der Waals surface area contributed by atoms with E-state index in [1.54, 1.807) is 0 Å². The zero-order chi connectivity index (χ0) is 22.7. The third kappa shape index (κ3) is 10.5. The largest absolute Gasteiger partial charge is 0.490 e. The topological polar surface area (TPSA) is 58.1 Å². The van der Waals surface area contributed by atoms with Gasteiger partial charge in [0.05, 0.1) is 19.8 Å². The average molecular weight is 572 g/mol. The summed E-state index contributed by atoms with van der Waals surface area (Å²) in [6.45, 7) is 9.00. The molecule has 0 amide bonds. The third-order valence-electron chi connectivity index (χ3n) is 4.94. The zero-order valence-electron chi connectivity index (χ0n) is 19.1. The first-order valence-electron chi connectivity index (χ1n) is 11.0. The van der Waals surface area contributed by atoms with E-state index in [2.05, 4.69) is 15.6 Å². The van der Waals surface area contributed by atoms with Crippen LogP contribution in [0.2, 0.25) is 0 Å². The van der Waals surface area contributed by atoms with Gasteiger partial charge in [-0.1, -0.05) is 6.07 Å². The molecule has 1 heterocycles. The number of alkyl halides is 3. The highest BCUT2D eigenvalue weighted by Crippen LogP contribution is 2.28. The predicted molar refractivity (Wildman–Crippen MR) is 132 cm³/mol. The molecule has 184 valence electrons. The Morgan fingerprint density at radius 1 is 1.12 bits per heavy atom. The Balaban J connectivity index is 0.00000512. The van der Waals surface area contributed by atoms with Gasteiger partial charge in [-0.2, -0.15) is 13.2 Å². The van der Waals surface area contributed by atoms with Gasteiger partial charge in [0, 0.05) is 26.2 Å². The molecule has 1 atom stereocenters. The van der Waals surface area contributed by atoms with E-state index in [9.17, 15) is 13.2 Å². The van der Waals surface area contributed by atoms with Crippen molar-refractivity contribution in [1.29, 1.82) is 0 Å². The molecular formula is C22H36F3IN4O2. The smallest absolute Gasteiger partial charge is 0.401 e. The summed E-state index contributed by atoms with van der Waals surface area (Å²) in [5.41, 5.74) is 1.12. The molecule has 1 fully saturated rings. The van der Waals surface area contributed by atoms with E-state index in [1.807, 2.05) is 39.0 Å². The number of benzene rings is 1. The molecule has 1 aliphatic heterocycles. The lowest BCUT2D eigenvalue weighted by molar-refractivity contribution is -0.143. The minimum Gasteiger partial charge on any atom is -0.490 e. The lowest BCUT2D eigenvalue weighted by atomic mass is 10.1. The summed E-state index contributed by atoms with van der Waals surface area (Å²) in [5, 5.41) is 6.51. The van der Waals surface area contributed by atoms with Crippen molar-refractivity contribution in [2.75, 3.05) is 52.5 Å². The molecule has 1 aromatic rings. The highest BCUT2D eigenvalue weighted by atomic mass is 127. The molecular weight excluding hydrogens is 536 g/mol. The van der Waals surface area contributed by atoms with Crippen LogP contribution in [0.4, 0.5) is 13.2 Å². The quantitative estimate of drug-likeness (QED) is 0.238. The molecule has 2 N–H and O–H groups in total. The van der Waals surface area contributed by atoms with Gasteiger partial charge in [0.1, 0.15) is 0 Å². The average Bonchev–Trinajstić information content (AvgIpc) is 3.14. The van der Waals surface area contributed by atoms with Crippen molar-refractivity contribution < 1.29 is 22.6 Å². The highest BCUT2D eigenvalue weighted by Gasteiger charge is 2.34. The van der Waals surface area contributed by atoms with Crippen LogP contribution >= 0.6 is 24.0 Å². The molecule has 6 nitrogen and oxygen atoms in total. The molecule has 0 aliphatic carbocycles. The van der Waals surface area contributed by atoms with Gasteiger partial charge in [-0.3, -0.25) is 9.89 Å². The molecule has 1 aliphatic rings. The maximum atomic E-state index is 12.6. The number of halogens is 4. The van der Waals surface area contributed by atoms with Crippen LogP contribution < -0.4 is 20.1 Å². The third-order valence-corrected chi connectivity index (χ3v) is 4.94. The number of nitrogens with one attached hydrogen (secondary N) is 2. The second kappa shape index (κ2) is 14.7. The van der Waals surface area contributed by atoms with Crippen molar-refractivity contribution in [3.8, 4) is 11.5 Å². The van der Waals surface area contributed by atoms with E-state index in [0.29, 0.717) is 51.9 Å². The molecule has 1 saturated heterocycles. The summed E-state index contributed by atoms with van der Waals surface area (Å²) >= 11 is 0. The SMILES string of the molecule is CCNC(=NCC1CCN(CC(F)(F)F)C1)NCCc1ccc(OCC)c(OCC)c1.I. The fraction of sp³-hybridized carbons (Fsp3) is 0.682. The second-order valence-electron chi connectivity index (χ2n) is 7.55. The number of likely N-dealkylation sites (tertiary alicyclic amines) is 1. The molecule has 1 unspecified atom stereocenters. The Kier molecular flexibility index (Phi) is 13.1. The van der Waals surface area contributed by atoms with Crippen molar-refractivity contribution in [3.05, 3.63) is 23.8 Å². The van der Waals surface area contributed by atoms with Gasteiger partial charge in [0.2, 0.25) is 0 Å². The Bertz CT molecular complexity index is 704. The van der Waals surface area contributed by atoms with Gasteiger partial charge in [-0.25, -0.2) is 0 Å². The molecule has 0 bridgehead atoms. The summed E-state index contributed by atoms with van der Waals surface area (Å²) in [4.78, 5) is 6.05. The lowest BCUT2D eigenvalue weighted by Crippen LogP contribution is -2.38. The number of guanidine groups is 1. The lowest BCUT2D eigenvalue weighted by Gasteiger charge is -2.17. The van der Waals surface area contributed by atoms with Crippen molar-refractivity contribution in [2.45, 2.75) is 39.8 Å². The first kappa shape index (κ1) is 28.6. The highest BCUT2D eigenvalue weighted by molar-refractivity contribution is 14.0. The predicted octanol–water partition coefficient (Wildman–Crippen LogP) is 4.08. The summed E-state index contributed by atoms with van der Waals surface area (Å²) < 4.78 is 48.9. The summed E-state index contributed by atoms with van der Waals surface area (Å²) in [5.74, 6) is 2.32. The maximum absolute atomic E-state index is 12.6. The Hall–Kier alpha value is -1.43. The molecule has 0 aromatic heterocycles. The normalized spacial score (nSPS) is 17.1. The molecule has 2 rings (SSSR count). The number of ether oxygens (including phenoxy) is 2. The van der Waals surface area contributed by atoms with Gasteiger partial charge in [0.25, 0.3) is 0 Å². The van der Waals surface area contributed by atoms with E-state index < -0.39 is 12.7 Å². The molecule has 10 heteroatoms. The number of aliphatic imine (C=N–C) groups is 1. The molecule has 0 spiro atoms. The molecule has 0 radical (unpaired) electrons. The van der Waals surface area contributed by atoms with Crippen molar-refractivity contribution >= 4 is 29.9 Å². The van der Waals surface area contributed by atoms with Crippen molar-refractivity contribution in [3.63, 3.8) is 0 Å². The summed E-state index contributed by atoms with van der Waals surface area (Å²) in [6, 6.07) is 5.94. The molecule has 1 aromatic carbocycles. The van der Waals surface area contributed by atoms with Gasteiger partial charge >= 0.3 is 6.18 Å².